The molecule has 0 spiro atoms. The van der Waals surface area contributed by atoms with Crippen molar-refractivity contribution >= 4 is 5.91 Å². The fourth-order valence-electron chi connectivity index (χ4n) is 2.24. The van der Waals surface area contributed by atoms with Gasteiger partial charge in [0.05, 0.1) is 12.7 Å². The van der Waals surface area contributed by atoms with Crippen molar-refractivity contribution < 1.29 is 9.53 Å². The minimum absolute atomic E-state index is 0.139. The van der Waals surface area contributed by atoms with Crippen LogP contribution in [0.3, 0.4) is 0 Å². The standard InChI is InChI=1S/C16H20N2O2/c1-13-8-9-15(12-18-13)20-11-5-4-10-17-16(19)14-6-2-3-7-14/h8-9,12,14H,2-3,6-7,10-11H2,1H3,(H,17,19). The van der Waals surface area contributed by atoms with Gasteiger partial charge >= 0.3 is 0 Å². The van der Waals surface area contributed by atoms with Gasteiger partial charge in [0.2, 0.25) is 5.91 Å². The molecule has 1 aliphatic carbocycles. The van der Waals surface area contributed by atoms with E-state index in [0.717, 1.165) is 18.5 Å². The van der Waals surface area contributed by atoms with Crippen LogP contribution in [0.4, 0.5) is 0 Å². The molecule has 1 aliphatic rings. The third-order valence-corrected chi connectivity index (χ3v) is 3.40. The third-order valence-electron chi connectivity index (χ3n) is 3.40. The van der Waals surface area contributed by atoms with Crippen molar-refractivity contribution in [3.05, 3.63) is 24.0 Å². The average Bonchev–Trinajstić information content (AvgIpc) is 2.98. The molecule has 1 saturated carbocycles. The number of pyridine rings is 1. The molecule has 0 saturated heterocycles. The summed E-state index contributed by atoms with van der Waals surface area (Å²) in [6.45, 7) is 2.63. The molecule has 1 amide bonds. The van der Waals surface area contributed by atoms with Crippen molar-refractivity contribution in [2.45, 2.75) is 32.6 Å². The fourth-order valence-corrected chi connectivity index (χ4v) is 2.24. The van der Waals surface area contributed by atoms with E-state index in [2.05, 4.69) is 22.1 Å². The maximum Gasteiger partial charge on any atom is 0.223 e. The highest BCUT2D eigenvalue weighted by Gasteiger charge is 2.21. The van der Waals surface area contributed by atoms with E-state index in [9.17, 15) is 4.79 Å². The molecule has 0 atom stereocenters. The predicted molar refractivity (Wildman–Crippen MR) is 77.2 cm³/mol. The number of aryl methyl sites for hydroxylation is 1. The summed E-state index contributed by atoms with van der Waals surface area (Å²) < 4.78 is 5.42. The SMILES string of the molecule is Cc1ccc(OCC#CCNC(=O)C2CCCC2)cn1. The Bertz CT molecular complexity index is 493. The summed E-state index contributed by atoms with van der Waals surface area (Å²) >= 11 is 0. The van der Waals surface area contributed by atoms with Gasteiger partial charge in [-0.05, 0) is 31.9 Å². The lowest BCUT2D eigenvalue weighted by Gasteiger charge is -2.07. The molecule has 20 heavy (non-hydrogen) atoms. The first-order valence-corrected chi connectivity index (χ1v) is 7.04. The molecule has 1 aromatic rings. The monoisotopic (exact) mass is 272 g/mol. The van der Waals surface area contributed by atoms with E-state index < -0.39 is 0 Å². The van der Waals surface area contributed by atoms with Crippen LogP contribution in [0.1, 0.15) is 31.4 Å². The van der Waals surface area contributed by atoms with E-state index >= 15 is 0 Å². The lowest BCUT2D eigenvalue weighted by Crippen LogP contribution is -2.29. The molecular weight excluding hydrogens is 252 g/mol. The smallest absolute Gasteiger partial charge is 0.223 e. The largest absolute Gasteiger partial charge is 0.479 e. The lowest BCUT2D eigenvalue weighted by molar-refractivity contribution is -0.124. The van der Waals surface area contributed by atoms with Crippen LogP contribution in [0.5, 0.6) is 5.75 Å². The summed E-state index contributed by atoms with van der Waals surface area (Å²) in [5.74, 6) is 6.82. The van der Waals surface area contributed by atoms with Gasteiger partial charge in [0.1, 0.15) is 12.4 Å². The van der Waals surface area contributed by atoms with Crippen LogP contribution in [-0.4, -0.2) is 24.0 Å². The Morgan fingerprint density at radius 2 is 2.20 bits per heavy atom. The summed E-state index contributed by atoms with van der Waals surface area (Å²) in [7, 11) is 0. The Labute approximate surface area is 119 Å². The molecule has 0 radical (unpaired) electrons. The minimum atomic E-state index is 0.139. The maximum atomic E-state index is 11.7. The van der Waals surface area contributed by atoms with Crippen molar-refractivity contribution in [1.82, 2.24) is 10.3 Å². The number of nitrogens with zero attached hydrogens (tertiary/aromatic N) is 1. The minimum Gasteiger partial charge on any atom is -0.479 e. The third kappa shape index (κ3) is 4.58. The first kappa shape index (κ1) is 14.4. The highest BCUT2D eigenvalue weighted by atomic mass is 16.5. The van der Waals surface area contributed by atoms with E-state index in [1.807, 2.05) is 19.1 Å². The highest BCUT2D eigenvalue weighted by molar-refractivity contribution is 5.79. The van der Waals surface area contributed by atoms with Crippen LogP contribution >= 0.6 is 0 Å². The number of rotatable bonds is 4. The van der Waals surface area contributed by atoms with Crippen LogP contribution in [-0.2, 0) is 4.79 Å². The molecule has 1 aromatic heterocycles. The van der Waals surface area contributed by atoms with Crippen LogP contribution in [0.15, 0.2) is 18.3 Å². The molecule has 1 N–H and O–H groups in total. The summed E-state index contributed by atoms with van der Waals surface area (Å²) in [5, 5.41) is 2.85. The molecule has 0 aromatic carbocycles. The van der Waals surface area contributed by atoms with Crippen LogP contribution in [0, 0.1) is 24.7 Å². The van der Waals surface area contributed by atoms with Gasteiger partial charge in [-0.1, -0.05) is 24.7 Å². The average molecular weight is 272 g/mol. The van der Waals surface area contributed by atoms with Crippen molar-refractivity contribution in [3.8, 4) is 17.6 Å². The van der Waals surface area contributed by atoms with Gasteiger partial charge in [-0.15, -0.1) is 0 Å². The van der Waals surface area contributed by atoms with Gasteiger partial charge < -0.3 is 10.1 Å². The highest BCUT2D eigenvalue weighted by Crippen LogP contribution is 2.24. The molecule has 1 fully saturated rings. The Kier molecular flexibility index (Phi) is 5.43. The van der Waals surface area contributed by atoms with Crippen molar-refractivity contribution in [1.29, 1.82) is 0 Å². The second-order valence-electron chi connectivity index (χ2n) is 4.98. The first-order valence-electron chi connectivity index (χ1n) is 7.04. The molecule has 4 nitrogen and oxygen atoms in total. The van der Waals surface area contributed by atoms with Gasteiger partial charge in [-0.3, -0.25) is 9.78 Å². The normalized spacial score (nSPS) is 14.4. The summed E-state index contributed by atoms with van der Waals surface area (Å²) in [5.41, 5.74) is 0.957. The zero-order valence-corrected chi connectivity index (χ0v) is 11.8. The lowest BCUT2D eigenvalue weighted by atomic mass is 10.1. The van der Waals surface area contributed by atoms with Crippen molar-refractivity contribution in [3.63, 3.8) is 0 Å². The van der Waals surface area contributed by atoms with Crippen LogP contribution in [0.25, 0.3) is 0 Å². The molecule has 2 rings (SSSR count). The van der Waals surface area contributed by atoms with E-state index in [1.54, 1.807) is 6.20 Å². The van der Waals surface area contributed by atoms with E-state index in [-0.39, 0.29) is 11.8 Å². The number of hydrogen-bond donors (Lipinski definition) is 1. The van der Waals surface area contributed by atoms with E-state index in [1.165, 1.54) is 12.8 Å². The van der Waals surface area contributed by atoms with Gasteiger partial charge in [0, 0.05) is 11.6 Å². The predicted octanol–water partition coefficient (Wildman–Crippen LogP) is 2.08. The second kappa shape index (κ2) is 7.54. The Hall–Kier alpha value is -2.02. The van der Waals surface area contributed by atoms with Gasteiger partial charge in [-0.25, -0.2) is 0 Å². The Morgan fingerprint density at radius 3 is 2.90 bits per heavy atom. The molecular formula is C16H20N2O2. The number of amides is 1. The second-order valence-corrected chi connectivity index (χ2v) is 4.98. The van der Waals surface area contributed by atoms with Crippen LogP contribution < -0.4 is 10.1 Å². The molecule has 1 heterocycles. The summed E-state index contributed by atoms with van der Waals surface area (Å²) in [6.07, 6.45) is 6.05. The van der Waals surface area contributed by atoms with Gasteiger partial charge in [0.25, 0.3) is 0 Å². The van der Waals surface area contributed by atoms with Crippen LogP contribution in [0.2, 0.25) is 0 Å². The van der Waals surface area contributed by atoms with Crippen molar-refractivity contribution in [2.24, 2.45) is 5.92 Å². The molecule has 0 aliphatic heterocycles. The number of carbonyl (C=O) groups excluding carboxylic acids is 1. The number of hydrogen-bond acceptors (Lipinski definition) is 3. The van der Waals surface area contributed by atoms with E-state index in [4.69, 9.17) is 4.74 Å². The fraction of sp³-hybridized carbons (Fsp3) is 0.500. The maximum absolute atomic E-state index is 11.7. The Morgan fingerprint density at radius 1 is 1.40 bits per heavy atom. The molecule has 0 unspecified atom stereocenters. The zero-order chi connectivity index (χ0) is 14.2. The molecule has 106 valence electrons. The number of nitrogens with one attached hydrogen (secondary N) is 1. The summed E-state index contributed by atoms with van der Waals surface area (Å²) in [4.78, 5) is 15.8. The quantitative estimate of drug-likeness (QED) is 0.854. The summed E-state index contributed by atoms with van der Waals surface area (Å²) in [6, 6.07) is 3.76. The van der Waals surface area contributed by atoms with E-state index in [0.29, 0.717) is 18.9 Å². The van der Waals surface area contributed by atoms with Crippen molar-refractivity contribution in [2.75, 3.05) is 13.2 Å². The number of ether oxygens (including phenoxy) is 1. The number of aromatic nitrogens is 1. The van der Waals surface area contributed by atoms with Gasteiger partial charge in [-0.2, -0.15) is 0 Å². The first-order chi connectivity index (χ1) is 9.75. The Balaban J connectivity index is 1.62. The molecule has 4 heteroatoms. The topological polar surface area (TPSA) is 51.2 Å². The molecule has 0 bridgehead atoms. The van der Waals surface area contributed by atoms with Gasteiger partial charge in [0.15, 0.2) is 0 Å². The number of carbonyl (C=O) groups is 1. The zero-order valence-electron chi connectivity index (χ0n) is 11.8.